The van der Waals surface area contributed by atoms with E-state index in [1.807, 2.05) is 12.1 Å². The van der Waals surface area contributed by atoms with E-state index in [2.05, 4.69) is 55.1 Å². The molecule has 242 valence electrons. The van der Waals surface area contributed by atoms with Gasteiger partial charge in [-0.15, -0.1) is 0 Å². The molecule has 2 aromatic rings. The Morgan fingerprint density at radius 2 is 1.93 bits per heavy atom. The van der Waals surface area contributed by atoms with Crippen LogP contribution in [0.15, 0.2) is 69.3 Å². The molecule has 13 nitrogen and oxygen atoms in total. The third kappa shape index (κ3) is 7.86. The number of hydrogen-bond donors (Lipinski definition) is 3. The van der Waals surface area contributed by atoms with Crippen LogP contribution in [-0.4, -0.2) is 105 Å². The molecule has 0 bridgehead atoms. The average molecular weight is 631 g/mol. The number of piperidine rings is 1. The Hall–Kier alpha value is -4.84. The number of anilines is 1. The summed E-state index contributed by atoms with van der Waals surface area (Å²) < 4.78 is 26.3. The van der Waals surface area contributed by atoms with Gasteiger partial charge in [-0.1, -0.05) is 0 Å². The Bertz CT molecular complexity index is 1510. The average Bonchev–Trinajstić information content (AvgIpc) is 3.06. The van der Waals surface area contributed by atoms with E-state index < -0.39 is 12.3 Å². The summed E-state index contributed by atoms with van der Waals surface area (Å²) in [6.07, 6.45) is 0.520. The van der Waals surface area contributed by atoms with E-state index in [0.29, 0.717) is 23.8 Å². The lowest BCUT2D eigenvalue weighted by Crippen LogP contribution is -2.56. The highest BCUT2D eigenvalue weighted by Crippen LogP contribution is 2.27. The maximum absolute atomic E-state index is 15.0. The fourth-order valence-corrected chi connectivity index (χ4v) is 5.58. The largest absolute Gasteiger partial charge is 0.486 e. The zero-order chi connectivity index (χ0) is 32.5. The number of likely N-dealkylation sites (tertiary alicyclic amines) is 1. The minimum absolute atomic E-state index is 0.0569. The number of rotatable bonds is 10. The first-order chi connectivity index (χ1) is 22.4. The number of hydrogen-bond acceptors (Lipinski definition) is 10. The molecule has 0 saturated carbocycles. The molecule has 0 aliphatic carbocycles. The highest BCUT2D eigenvalue weighted by molar-refractivity contribution is 6.05. The lowest BCUT2D eigenvalue weighted by atomic mass is 10.0. The van der Waals surface area contributed by atoms with Gasteiger partial charge < -0.3 is 30.4 Å². The third-order valence-electron chi connectivity index (χ3n) is 8.40. The highest BCUT2D eigenvalue weighted by Gasteiger charge is 2.34. The number of nitrogens with one attached hydrogen (secondary N) is 1. The van der Waals surface area contributed by atoms with E-state index in [9.17, 15) is 10.1 Å². The monoisotopic (exact) mass is 630 g/mol. The molecular weight excluding hydrogens is 591 g/mol. The summed E-state index contributed by atoms with van der Waals surface area (Å²) in [4.78, 5) is 31.5. The molecular formula is C32H39FN10O3. The van der Waals surface area contributed by atoms with Gasteiger partial charge in [-0.05, 0) is 49.2 Å². The number of amides is 1. The summed E-state index contributed by atoms with van der Waals surface area (Å²) in [5, 5.41) is 9.80. The van der Waals surface area contributed by atoms with E-state index >= 15 is 4.39 Å². The van der Waals surface area contributed by atoms with Crippen molar-refractivity contribution in [2.45, 2.75) is 31.2 Å². The van der Waals surface area contributed by atoms with Crippen LogP contribution < -0.4 is 26.6 Å². The number of piperazine rings is 1. The van der Waals surface area contributed by atoms with Gasteiger partial charge in [0.25, 0.3) is 0 Å². The Labute approximate surface area is 267 Å². The second kappa shape index (κ2) is 15.4. The van der Waals surface area contributed by atoms with Gasteiger partial charge in [0.05, 0.1) is 49.2 Å². The van der Waals surface area contributed by atoms with E-state index in [4.69, 9.17) is 21.1 Å². The van der Waals surface area contributed by atoms with Crippen molar-refractivity contribution in [2.24, 2.45) is 26.6 Å². The quantitative estimate of drug-likeness (QED) is 0.153. The maximum atomic E-state index is 15.0. The zero-order valence-corrected chi connectivity index (χ0v) is 25.6. The number of carbonyl (C=O) groups excluding carboxylic acids is 1. The van der Waals surface area contributed by atoms with E-state index in [0.717, 1.165) is 50.8 Å². The van der Waals surface area contributed by atoms with Crippen LogP contribution in [-0.2, 0) is 9.53 Å². The minimum Gasteiger partial charge on any atom is -0.486 e. The number of aliphatic imine (C=N–C) groups is 3. The predicted molar refractivity (Wildman–Crippen MR) is 175 cm³/mol. The van der Waals surface area contributed by atoms with Crippen LogP contribution in [0.4, 0.5) is 15.8 Å². The molecule has 14 heteroatoms. The van der Waals surface area contributed by atoms with Gasteiger partial charge in [0.15, 0.2) is 12.0 Å². The number of nitrogens with two attached hydrogens (primary N) is 2. The number of hydrazine groups is 1. The van der Waals surface area contributed by atoms with Gasteiger partial charge in [-0.3, -0.25) is 15.5 Å². The lowest BCUT2D eigenvalue weighted by Gasteiger charge is -2.43. The van der Waals surface area contributed by atoms with Gasteiger partial charge in [0.1, 0.15) is 24.3 Å². The lowest BCUT2D eigenvalue weighted by molar-refractivity contribution is -0.134. The normalized spacial score (nSPS) is 21.5. The first-order valence-electron chi connectivity index (χ1n) is 15.2. The van der Waals surface area contributed by atoms with Crippen LogP contribution in [0.5, 0.6) is 5.75 Å². The zero-order valence-electron chi connectivity index (χ0n) is 25.6. The summed E-state index contributed by atoms with van der Waals surface area (Å²) in [6, 6.07) is 15.5. The van der Waals surface area contributed by atoms with Crippen molar-refractivity contribution in [1.82, 2.24) is 15.2 Å². The number of alkyl halides is 1. The van der Waals surface area contributed by atoms with Crippen LogP contribution in [0, 0.1) is 11.3 Å². The molecule has 3 aliphatic rings. The van der Waals surface area contributed by atoms with Gasteiger partial charge in [-0.25, -0.2) is 19.4 Å². The molecule has 1 amide bonds. The molecule has 5 rings (SSSR count). The number of ether oxygens (including phenoxy) is 2. The molecule has 0 unspecified atom stereocenters. The molecule has 46 heavy (non-hydrogen) atoms. The number of nitriles is 1. The SMILES string of the molecule is C=NC(=NC=Nc1ccc(N2CCN(C3COC3)CC2)cc1)c1ccc(O[C@H]2CCN(C(=O)C/C(=C/N)NN)C[C@H]2F)c(C#N)c1. The van der Waals surface area contributed by atoms with Crippen molar-refractivity contribution in [3.8, 4) is 11.8 Å². The Morgan fingerprint density at radius 1 is 1.17 bits per heavy atom. The molecule has 0 aromatic heterocycles. The molecule has 0 radical (unpaired) electrons. The van der Waals surface area contributed by atoms with Crippen LogP contribution in [0.1, 0.15) is 24.0 Å². The second-order valence-corrected chi connectivity index (χ2v) is 11.2. The molecule has 3 fully saturated rings. The Balaban J connectivity index is 1.16. The first-order valence-corrected chi connectivity index (χ1v) is 15.2. The standard InChI is InChI=1S/C32H39FN10O3/c1-37-32(39-21-38-24-3-5-26(6-4-24)41-10-12-42(13-11-41)27-19-45-20-27)22-2-7-29(23(14-22)16-34)46-30-8-9-43(18-28(30)33)31(44)15-25(17-35)40-36/h2-7,14,17,21,27-28,30,40H,1,8-13,15,18-20,35-36H2/b25-17-,38-21?,39-32?/t28-,30+/m1/s1. The van der Waals surface area contributed by atoms with Crippen LogP contribution in [0.3, 0.4) is 0 Å². The van der Waals surface area contributed by atoms with Gasteiger partial charge in [-0.2, -0.15) is 5.26 Å². The van der Waals surface area contributed by atoms with Crippen LogP contribution in [0.25, 0.3) is 0 Å². The third-order valence-corrected chi connectivity index (χ3v) is 8.40. The van der Waals surface area contributed by atoms with E-state index in [-0.39, 0.29) is 42.4 Å². The minimum atomic E-state index is -1.45. The molecule has 2 atom stereocenters. The Morgan fingerprint density at radius 3 is 2.54 bits per heavy atom. The maximum Gasteiger partial charge on any atom is 0.228 e. The van der Waals surface area contributed by atoms with E-state index in [1.54, 1.807) is 18.2 Å². The van der Waals surface area contributed by atoms with Crippen molar-refractivity contribution in [3.63, 3.8) is 0 Å². The van der Waals surface area contributed by atoms with Crippen LogP contribution >= 0.6 is 0 Å². The topological polar surface area (TPSA) is 170 Å². The smallest absolute Gasteiger partial charge is 0.228 e. The molecule has 0 spiro atoms. The first kappa shape index (κ1) is 32.6. The van der Waals surface area contributed by atoms with Crippen molar-refractivity contribution in [2.75, 3.05) is 57.4 Å². The highest BCUT2D eigenvalue weighted by atomic mass is 19.1. The van der Waals surface area contributed by atoms with Crippen molar-refractivity contribution in [3.05, 3.63) is 65.5 Å². The van der Waals surface area contributed by atoms with Gasteiger partial charge >= 0.3 is 0 Å². The van der Waals surface area contributed by atoms with Crippen LogP contribution in [0.2, 0.25) is 0 Å². The summed E-state index contributed by atoms with van der Waals surface area (Å²) in [7, 11) is 0. The van der Waals surface area contributed by atoms with E-state index in [1.165, 1.54) is 17.4 Å². The Kier molecular flexibility index (Phi) is 10.9. The molecule has 3 heterocycles. The van der Waals surface area contributed by atoms with Gasteiger partial charge in [0, 0.05) is 56.6 Å². The van der Waals surface area contributed by atoms with Crippen molar-refractivity contribution < 1.29 is 18.7 Å². The summed E-state index contributed by atoms with van der Waals surface area (Å²) >= 11 is 0. The second-order valence-electron chi connectivity index (χ2n) is 11.2. The number of halogens is 1. The number of benzene rings is 2. The molecule has 3 aliphatic heterocycles. The van der Waals surface area contributed by atoms with Crippen molar-refractivity contribution >= 4 is 36.2 Å². The summed E-state index contributed by atoms with van der Waals surface area (Å²) in [5.74, 6) is 5.53. The fraction of sp³-hybridized carbons (Fsp3) is 0.406. The molecule has 5 N–H and O–H groups in total. The fourth-order valence-electron chi connectivity index (χ4n) is 5.58. The van der Waals surface area contributed by atoms with Gasteiger partial charge in [0.2, 0.25) is 5.91 Å². The number of amidine groups is 1. The number of carbonyl (C=O) groups is 1. The predicted octanol–water partition coefficient (Wildman–Crippen LogP) is 1.86. The summed E-state index contributed by atoms with van der Waals surface area (Å²) in [6.45, 7) is 9.45. The number of nitrogens with zero attached hydrogens (tertiary/aromatic N) is 7. The molecule has 3 saturated heterocycles. The molecule has 2 aromatic carbocycles. The summed E-state index contributed by atoms with van der Waals surface area (Å²) in [5.41, 5.74) is 10.7. The van der Waals surface area contributed by atoms with Crippen molar-refractivity contribution in [1.29, 1.82) is 5.26 Å².